The van der Waals surface area contributed by atoms with E-state index >= 15 is 0 Å². The van der Waals surface area contributed by atoms with Crippen LogP contribution < -0.4 is 0 Å². The molecule has 23 heavy (non-hydrogen) atoms. The largest absolute Gasteiger partial charge is 0.389 e. The zero-order chi connectivity index (χ0) is 16.8. The highest BCUT2D eigenvalue weighted by Crippen LogP contribution is 2.63. The minimum atomic E-state index is -0.356. The summed E-state index contributed by atoms with van der Waals surface area (Å²) < 4.78 is 6.34. The Morgan fingerprint density at radius 2 is 1.83 bits per heavy atom. The zero-order valence-corrected chi connectivity index (χ0v) is 15.8. The van der Waals surface area contributed by atoms with Crippen molar-refractivity contribution in [2.75, 3.05) is 26.2 Å². The van der Waals surface area contributed by atoms with Gasteiger partial charge in [0.05, 0.1) is 18.8 Å². The second-order valence-electron chi connectivity index (χ2n) is 9.95. The molecule has 3 nitrogen and oxygen atoms in total. The Morgan fingerprint density at radius 1 is 1.17 bits per heavy atom. The molecule has 1 heterocycles. The van der Waals surface area contributed by atoms with Crippen molar-refractivity contribution < 1.29 is 9.84 Å². The molecule has 1 aliphatic heterocycles. The molecule has 6 unspecified atom stereocenters. The van der Waals surface area contributed by atoms with E-state index in [4.69, 9.17) is 4.74 Å². The smallest absolute Gasteiger partial charge is 0.0900 e. The molecule has 2 aliphatic carbocycles. The number of ether oxygens (including phenoxy) is 1. The quantitative estimate of drug-likeness (QED) is 0.840. The summed E-state index contributed by atoms with van der Waals surface area (Å²) in [6, 6.07) is 0. The molecule has 6 atom stereocenters. The molecule has 3 heteroatoms. The lowest BCUT2D eigenvalue weighted by Crippen LogP contribution is -2.46. The summed E-state index contributed by atoms with van der Waals surface area (Å²) in [5, 5.41) is 10.5. The van der Waals surface area contributed by atoms with E-state index in [9.17, 15) is 5.11 Å². The van der Waals surface area contributed by atoms with Gasteiger partial charge in [-0.05, 0) is 54.3 Å². The van der Waals surface area contributed by atoms with Crippen molar-refractivity contribution in [2.45, 2.75) is 72.5 Å². The van der Waals surface area contributed by atoms with E-state index < -0.39 is 0 Å². The van der Waals surface area contributed by atoms with Crippen molar-refractivity contribution in [1.29, 1.82) is 0 Å². The van der Waals surface area contributed by atoms with Crippen LogP contribution in [0.2, 0.25) is 0 Å². The molecule has 0 radical (unpaired) electrons. The van der Waals surface area contributed by atoms with E-state index in [1.54, 1.807) is 0 Å². The van der Waals surface area contributed by atoms with Gasteiger partial charge in [0.2, 0.25) is 0 Å². The second kappa shape index (κ2) is 6.31. The van der Waals surface area contributed by atoms with Crippen LogP contribution in [0.5, 0.6) is 0 Å². The van der Waals surface area contributed by atoms with E-state index in [2.05, 4.69) is 39.5 Å². The number of piperidine rings is 1. The van der Waals surface area contributed by atoms with Crippen LogP contribution in [0.25, 0.3) is 0 Å². The molecule has 0 aromatic rings. The lowest BCUT2D eigenvalue weighted by Gasteiger charge is -2.43. The predicted molar refractivity (Wildman–Crippen MR) is 94.4 cm³/mol. The van der Waals surface area contributed by atoms with E-state index in [-0.39, 0.29) is 11.5 Å². The molecule has 0 aromatic heterocycles. The van der Waals surface area contributed by atoms with Gasteiger partial charge in [-0.15, -0.1) is 0 Å². The third-order valence-electron chi connectivity index (χ3n) is 7.01. The minimum Gasteiger partial charge on any atom is -0.389 e. The van der Waals surface area contributed by atoms with Gasteiger partial charge in [-0.25, -0.2) is 0 Å². The van der Waals surface area contributed by atoms with Gasteiger partial charge in [0, 0.05) is 19.6 Å². The standard InChI is InChI=1S/C20H37NO2/c1-14-8-15(2)11-21(10-14)12-17(22)13-23-18-19(3,4)16-6-7-20(18,5)9-16/h14-18,22H,6-13H2,1-5H3. The lowest BCUT2D eigenvalue weighted by atomic mass is 9.70. The Morgan fingerprint density at radius 3 is 2.39 bits per heavy atom. The molecule has 0 spiro atoms. The molecule has 0 aromatic carbocycles. The van der Waals surface area contributed by atoms with Crippen molar-refractivity contribution in [3.63, 3.8) is 0 Å². The Labute approximate surface area is 142 Å². The first-order valence-electron chi connectivity index (χ1n) is 9.73. The van der Waals surface area contributed by atoms with Gasteiger partial charge in [0.1, 0.15) is 0 Å². The zero-order valence-electron chi connectivity index (χ0n) is 15.8. The predicted octanol–water partition coefficient (Wildman–Crippen LogP) is 3.56. The molecule has 1 saturated heterocycles. The molecule has 2 bridgehead atoms. The SMILES string of the molecule is CC1CC(C)CN(CC(O)COC2C3(C)CCC(C3)C2(C)C)C1. The number of aliphatic hydroxyl groups is 1. The van der Waals surface area contributed by atoms with Crippen molar-refractivity contribution >= 4 is 0 Å². The Kier molecular flexibility index (Phi) is 4.85. The highest BCUT2D eigenvalue weighted by Gasteiger charge is 2.60. The van der Waals surface area contributed by atoms with E-state index in [1.165, 1.54) is 25.7 Å². The van der Waals surface area contributed by atoms with E-state index in [0.717, 1.165) is 37.4 Å². The van der Waals surface area contributed by atoms with E-state index in [0.29, 0.717) is 18.1 Å². The van der Waals surface area contributed by atoms with Gasteiger partial charge >= 0.3 is 0 Å². The van der Waals surface area contributed by atoms with Crippen molar-refractivity contribution in [2.24, 2.45) is 28.6 Å². The molecule has 0 amide bonds. The summed E-state index contributed by atoms with van der Waals surface area (Å²) in [5.74, 6) is 2.30. The fourth-order valence-corrected chi connectivity index (χ4v) is 6.17. The number of fused-ring (bicyclic) bond motifs is 2. The van der Waals surface area contributed by atoms with Crippen molar-refractivity contribution in [3.8, 4) is 0 Å². The van der Waals surface area contributed by atoms with Gasteiger partial charge in [-0.3, -0.25) is 0 Å². The molecule has 3 fully saturated rings. The van der Waals surface area contributed by atoms with Gasteiger partial charge < -0.3 is 14.7 Å². The van der Waals surface area contributed by atoms with Crippen LogP contribution in [-0.4, -0.2) is 48.5 Å². The number of rotatable bonds is 5. The number of likely N-dealkylation sites (tertiary alicyclic amines) is 1. The highest BCUT2D eigenvalue weighted by atomic mass is 16.5. The fourth-order valence-electron chi connectivity index (χ4n) is 6.17. The normalized spacial score (nSPS) is 44.6. The second-order valence-corrected chi connectivity index (χ2v) is 9.95. The molecule has 1 N–H and O–H groups in total. The summed E-state index contributed by atoms with van der Waals surface area (Å²) in [7, 11) is 0. The van der Waals surface area contributed by atoms with E-state index in [1.807, 2.05) is 0 Å². The van der Waals surface area contributed by atoms with Crippen LogP contribution >= 0.6 is 0 Å². The van der Waals surface area contributed by atoms with Gasteiger partial charge in [-0.1, -0.05) is 34.6 Å². The summed E-state index contributed by atoms with van der Waals surface area (Å²) in [6.07, 6.45) is 5.23. The number of nitrogens with zero attached hydrogens (tertiary/aromatic N) is 1. The first-order chi connectivity index (χ1) is 10.7. The molecular weight excluding hydrogens is 286 g/mol. The van der Waals surface area contributed by atoms with Crippen LogP contribution in [0.1, 0.15) is 60.3 Å². The summed E-state index contributed by atoms with van der Waals surface area (Å²) in [4.78, 5) is 2.43. The van der Waals surface area contributed by atoms with Crippen LogP contribution in [0, 0.1) is 28.6 Å². The van der Waals surface area contributed by atoms with Crippen molar-refractivity contribution in [1.82, 2.24) is 4.90 Å². The monoisotopic (exact) mass is 323 g/mol. The fraction of sp³-hybridized carbons (Fsp3) is 1.00. The average Bonchev–Trinajstić information content (AvgIpc) is 2.88. The first-order valence-corrected chi connectivity index (χ1v) is 9.73. The average molecular weight is 324 g/mol. The number of hydrogen-bond donors (Lipinski definition) is 1. The summed E-state index contributed by atoms with van der Waals surface area (Å²) in [6.45, 7) is 15.3. The maximum atomic E-state index is 10.5. The van der Waals surface area contributed by atoms with Gasteiger partial charge in [0.25, 0.3) is 0 Å². The van der Waals surface area contributed by atoms with Gasteiger partial charge in [-0.2, -0.15) is 0 Å². The third kappa shape index (κ3) is 3.48. The topological polar surface area (TPSA) is 32.7 Å². The number of hydrogen-bond acceptors (Lipinski definition) is 3. The van der Waals surface area contributed by atoms with Crippen LogP contribution in [0.15, 0.2) is 0 Å². The Bertz CT molecular complexity index is 409. The minimum absolute atomic E-state index is 0.265. The van der Waals surface area contributed by atoms with Crippen LogP contribution in [0.4, 0.5) is 0 Å². The molecule has 3 aliphatic rings. The number of β-amino-alcohol motifs (C(OH)–C–C–N with tert-alkyl or cyclic N) is 1. The van der Waals surface area contributed by atoms with Gasteiger partial charge in [0.15, 0.2) is 0 Å². The molecule has 134 valence electrons. The van der Waals surface area contributed by atoms with Crippen LogP contribution in [-0.2, 0) is 4.74 Å². The highest BCUT2D eigenvalue weighted by molar-refractivity contribution is 5.09. The number of aliphatic hydroxyl groups excluding tert-OH is 1. The maximum absolute atomic E-state index is 10.5. The van der Waals surface area contributed by atoms with Crippen molar-refractivity contribution in [3.05, 3.63) is 0 Å². The molecular formula is C20H37NO2. The first kappa shape index (κ1) is 17.7. The lowest BCUT2D eigenvalue weighted by molar-refractivity contribution is -0.114. The summed E-state index contributed by atoms with van der Waals surface area (Å²) >= 11 is 0. The van der Waals surface area contributed by atoms with Crippen LogP contribution in [0.3, 0.4) is 0 Å². The summed E-state index contributed by atoms with van der Waals surface area (Å²) in [5.41, 5.74) is 0.600. The molecule has 3 rings (SSSR count). The Balaban J connectivity index is 1.50. The Hall–Kier alpha value is -0.120. The third-order valence-corrected chi connectivity index (χ3v) is 7.01. The molecule has 2 saturated carbocycles. The maximum Gasteiger partial charge on any atom is 0.0900 e.